The highest BCUT2D eigenvalue weighted by Crippen LogP contribution is 2.67. The lowest BCUT2D eigenvalue weighted by atomic mass is 9.48. The molecule has 2 N–H and O–H groups in total. The van der Waals surface area contributed by atoms with Crippen molar-refractivity contribution in [3.8, 4) is 11.5 Å². The Hall–Kier alpha value is -2.83. The van der Waals surface area contributed by atoms with E-state index in [0.717, 1.165) is 54.2 Å². The van der Waals surface area contributed by atoms with Gasteiger partial charge in [0.05, 0.1) is 23.3 Å². The van der Waals surface area contributed by atoms with Crippen molar-refractivity contribution in [2.75, 3.05) is 13.1 Å². The summed E-state index contributed by atoms with van der Waals surface area (Å²) in [5.41, 5.74) is 3.70. The second-order valence-corrected chi connectivity index (χ2v) is 12.4. The van der Waals surface area contributed by atoms with E-state index in [2.05, 4.69) is 17.0 Å². The molecule has 37 heavy (non-hydrogen) atoms. The van der Waals surface area contributed by atoms with E-state index in [0.29, 0.717) is 25.1 Å². The zero-order valence-electron chi connectivity index (χ0n) is 21.3. The fourth-order valence-electron chi connectivity index (χ4n) is 8.53. The molecule has 8 rings (SSSR count). The number of ether oxygens (including phenoxy) is 1. The Morgan fingerprint density at radius 2 is 1.92 bits per heavy atom. The number of piperidine rings is 1. The third-order valence-electron chi connectivity index (χ3n) is 10.3. The van der Waals surface area contributed by atoms with Crippen molar-refractivity contribution in [3.05, 3.63) is 70.4 Å². The van der Waals surface area contributed by atoms with Crippen molar-refractivity contribution in [1.29, 1.82) is 0 Å². The van der Waals surface area contributed by atoms with Gasteiger partial charge < -0.3 is 19.8 Å². The molecule has 3 aliphatic heterocycles. The van der Waals surface area contributed by atoms with Crippen LogP contribution in [0.2, 0.25) is 0 Å². The number of fused-ring (bicyclic) bond motifs is 1. The molecule has 6 heteroatoms. The quantitative estimate of drug-likeness (QED) is 0.669. The number of rotatable bonds is 4. The molecule has 3 aliphatic carbocycles. The summed E-state index contributed by atoms with van der Waals surface area (Å²) in [6, 6.07) is 13.9. The Morgan fingerprint density at radius 1 is 1.11 bits per heavy atom. The normalized spacial score (nSPS) is 35.8. The van der Waals surface area contributed by atoms with E-state index in [1.807, 2.05) is 36.1 Å². The van der Waals surface area contributed by atoms with Gasteiger partial charge in [-0.3, -0.25) is 9.69 Å². The molecule has 5 atom stereocenters. The van der Waals surface area contributed by atoms with E-state index < -0.39 is 17.1 Å². The SMILES string of the molecule is C[C@@H]1CC2=C([C@@H]3Oc4c(O)ccc5c4[C@@]34CCN(CC3CC3)[C@H](C5)[C@]4(O)C2)N(Cc2ccccc2)C1=O. The Labute approximate surface area is 217 Å². The number of likely N-dealkylation sites (tertiary alicyclic amines) is 1. The van der Waals surface area contributed by atoms with Crippen LogP contribution >= 0.6 is 0 Å². The van der Waals surface area contributed by atoms with Crippen LogP contribution in [0.1, 0.15) is 55.7 Å². The largest absolute Gasteiger partial charge is 0.504 e. The number of phenolic OH excluding ortho intramolecular Hbond substituents is 1. The van der Waals surface area contributed by atoms with Crippen molar-refractivity contribution in [2.24, 2.45) is 11.8 Å². The summed E-state index contributed by atoms with van der Waals surface area (Å²) >= 11 is 0. The molecule has 0 radical (unpaired) electrons. The van der Waals surface area contributed by atoms with Gasteiger partial charge in [0.2, 0.25) is 5.91 Å². The molecule has 2 fully saturated rings. The zero-order valence-corrected chi connectivity index (χ0v) is 21.3. The lowest BCUT2D eigenvalue weighted by Crippen LogP contribution is -2.76. The van der Waals surface area contributed by atoms with Gasteiger partial charge in [0, 0.05) is 30.5 Å². The minimum atomic E-state index is -0.992. The predicted octanol–water partition coefficient (Wildman–Crippen LogP) is 3.89. The second kappa shape index (κ2) is 7.39. The van der Waals surface area contributed by atoms with E-state index in [1.54, 1.807) is 6.07 Å². The number of carbonyl (C=O) groups is 1. The highest BCUT2D eigenvalue weighted by Gasteiger charge is 2.73. The lowest BCUT2D eigenvalue weighted by Gasteiger charge is -2.64. The van der Waals surface area contributed by atoms with Crippen LogP contribution < -0.4 is 4.74 Å². The molecule has 2 aromatic carbocycles. The number of nitrogens with zero attached hydrogens (tertiary/aromatic N) is 2. The number of hydrogen-bond acceptors (Lipinski definition) is 5. The maximum Gasteiger partial charge on any atom is 0.230 e. The Kier molecular flexibility index (Phi) is 4.43. The summed E-state index contributed by atoms with van der Waals surface area (Å²) < 4.78 is 6.74. The van der Waals surface area contributed by atoms with Gasteiger partial charge in [-0.15, -0.1) is 0 Å². The molecular formula is C31H34N2O4. The third kappa shape index (κ3) is 2.81. The van der Waals surface area contributed by atoms with Crippen molar-refractivity contribution in [3.63, 3.8) is 0 Å². The van der Waals surface area contributed by atoms with Crippen LogP contribution in [0, 0.1) is 11.8 Å². The number of benzene rings is 2. The molecule has 1 amide bonds. The number of amides is 1. The molecule has 2 aromatic rings. The van der Waals surface area contributed by atoms with Gasteiger partial charge in [0.25, 0.3) is 0 Å². The highest BCUT2D eigenvalue weighted by atomic mass is 16.5. The molecular weight excluding hydrogens is 464 g/mol. The first-order valence-corrected chi connectivity index (χ1v) is 14.0. The molecule has 6 nitrogen and oxygen atoms in total. The monoisotopic (exact) mass is 498 g/mol. The topological polar surface area (TPSA) is 73.2 Å². The van der Waals surface area contributed by atoms with Gasteiger partial charge in [-0.25, -0.2) is 0 Å². The van der Waals surface area contributed by atoms with E-state index in [9.17, 15) is 15.0 Å². The number of phenols is 1. The van der Waals surface area contributed by atoms with Crippen LogP contribution in [0.4, 0.5) is 0 Å². The van der Waals surface area contributed by atoms with E-state index >= 15 is 0 Å². The first kappa shape index (κ1) is 22.2. The Balaban J connectivity index is 1.32. The number of carbonyl (C=O) groups excluding carboxylic acids is 1. The fourth-order valence-corrected chi connectivity index (χ4v) is 8.53. The zero-order chi connectivity index (χ0) is 25.1. The number of aliphatic hydroxyl groups is 1. The van der Waals surface area contributed by atoms with Gasteiger partial charge in [-0.2, -0.15) is 0 Å². The number of hydrogen-bond donors (Lipinski definition) is 2. The first-order valence-electron chi connectivity index (χ1n) is 14.0. The fraction of sp³-hybridized carbons (Fsp3) is 0.516. The summed E-state index contributed by atoms with van der Waals surface area (Å²) in [6.45, 7) is 4.46. The van der Waals surface area contributed by atoms with Crippen LogP contribution in [0.5, 0.6) is 11.5 Å². The van der Waals surface area contributed by atoms with E-state index in [4.69, 9.17) is 4.74 Å². The van der Waals surface area contributed by atoms with Crippen LogP contribution in [0.3, 0.4) is 0 Å². The molecule has 1 saturated heterocycles. The summed E-state index contributed by atoms with van der Waals surface area (Å²) in [5.74, 6) is 1.38. The van der Waals surface area contributed by atoms with Crippen molar-refractivity contribution < 1.29 is 19.7 Å². The van der Waals surface area contributed by atoms with Crippen LogP contribution in [-0.2, 0) is 23.2 Å². The number of aromatic hydroxyl groups is 1. The average molecular weight is 499 g/mol. The lowest BCUT2D eigenvalue weighted by molar-refractivity contribution is -0.173. The molecule has 1 spiro atoms. The van der Waals surface area contributed by atoms with Gasteiger partial charge >= 0.3 is 0 Å². The van der Waals surface area contributed by atoms with Crippen molar-refractivity contribution in [1.82, 2.24) is 9.80 Å². The van der Waals surface area contributed by atoms with Gasteiger partial charge in [-0.05, 0) is 67.3 Å². The highest BCUT2D eigenvalue weighted by molar-refractivity contribution is 5.83. The minimum absolute atomic E-state index is 0.0144. The molecule has 1 saturated carbocycles. The molecule has 0 unspecified atom stereocenters. The molecule has 2 bridgehead atoms. The van der Waals surface area contributed by atoms with Crippen molar-refractivity contribution >= 4 is 5.91 Å². The van der Waals surface area contributed by atoms with Crippen molar-refractivity contribution in [2.45, 2.75) is 75.2 Å². The molecule has 0 aromatic heterocycles. The van der Waals surface area contributed by atoms with Crippen LogP contribution in [0.25, 0.3) is 0 Å². The predicted molar refractivity (Wildman–Crippen MR) is 138 cm³/mol. The smallest absolute Gasteiger partial charge is 0.230 e. The standard InChI is InChI=1S/C31H34N2O4/c1-18-13-22-15-31(36)24-14-21-9-10-23(34)27-25(21)30(31,11-12-32(24)16-20-7-8-20)28(37-27)26(22)33(29(18)35)17-19-5-3-2-4-6-19/h2-6,9-10,18,20,24,28,34,36H,7-8,11-17H2,1H3/t18-,24-,28+,30+,31-/m1/s1. The maximum absolute atomic E-state index is 13.7. The van der Waals surface area contributed by atoms with Gasteiger partial charge in [-0.1, -0.05) is 43.3 Å². The summed E-state index contributed by atoms with van der Waals surface area (Å²) in [6.07, 6.45) is 4.85. The summed E-state index contributed by atoms with van der Waals surface area (Å²) in [4.78, 5) is 18.2. The third-order valence-corrected chi connectivity index (χ3v) is 10.3. The van der Waals surface area contributed by atoms with Gasteiger partial charge in [0.15, 0.2) is 17.6 Å². The Bertz CT molecular complexity index is 1350. The minimum Gasteiger partial charge on any atom is -0.504 e. The molecule has 192 valence electrons. The van der Waals surface area contributed by atoms with Crippen LogP contribution in [0.15, 0.2) is 53.7 Å². The first-order chi connectivity index (χ1) is 17.9. The average Bonchev–Trinajstić information content (AvgIpc) is 3.63. The van der Waals surface area contributed by atoms with E-state index in [-0.39, 0.29) is 23.6 Å². The summed E-state index contributed by atoms with van der Waals surface area (Å²) in [7, 11) is 0. The Morgan fingerprint density at radius 3 is 2.70 bits per heavy atom. The summed E-state index contributed by atoms with van der Waals surface area (Å²) in [5, 5.41) is 23.9. The van der Waals surface area contributed by atoms with E-state index in [1.165, 1.54) is 18.4 Å². The van der Waals surface area contributed by atoms with Crippen LogP contribution in [-0.4, -0.2) is 56.8 Å². The molecule has 6 aliphatic rings. The second-order valence-electron chi connectivity index (χ2n) is 12.4. The van der Waals surface area contributed by atoms with Gasteiger partial charge in [0.1, 0.15) is 0 Å². The maximum atomic E-state index is 13.7. The molecule has 3 heterocycles.